The SMILES string of the molecule is O=C(O)N1CCC(c2cnnn2CCc2ccccc2)C(O)C1. The molecule has 2 N–H and O–H groups in total. The summed E-state index contributed by atoms with van der Waals surface area (Å²) in [6.45, 7) is 1.23. The van der Waals surface area contributed by atoms with Crippen LogP contribution in [0.2, 0.25) is 0 Å². The maximum atomic E-state index is 11.0. The normalized spacial score (nSPS) is 21.3. The zero-order valence-electron chi connectivity index (χ0n) is 12.7. The van der Waals surface area contributed by atoms with Crippen LogP contribution in [0, 0.1) is 0 Å². The van der Waals surface area contributed by atoms with Crippen LogP contribution in [0.15, 0.2) is 36.5 Å². The summed E-state index contributed by atoms with van der Waals surface area (Å²) in [5, 5.41) is 27.4. The molecule has 1 aromatic carbocycles. The lowest BCUT2D eigenvalue weighted by molar-refractivity contribution is 0.0480. The number of nitrogens with zero attached hydrogens (tertiary/aromatic N) is 4. The van der Waals surface area contributed by atoms with Gasteiger partial charge in [-0.3, -0.25) is 0 Å². The quantitative estimate of drug-likeness (QED) is 0.888. The smallest absolute Gasteiger partial charge is 0.407 e. The Morgan fingerprint density at radius 2 is 2.09 bits per heavy atom. The zero-order chi connectivity index (χ0) is 16.2. The molecule has 1 aliphatic heterocycles. The molecule has 1 amide bonds. The Labute approximate surface area is 134 Å². The molecule has 0 aliphatic carbocycles. The summed E-state index contributed by atoms with van der Waals surface area (Å²) in [5.41, 5.74) is 2.09. The number of aliphatic hydroxyl groups excluding tert-OH is 1. The molecule has 23 heavy (non-hydrogen) atoms. The van der Waals surface area contributed by atoms with Crippen molar-refractivity contribution >= 4 is 6.09 Å². The van der Waals surface area contributed by atoms with Crippen LogP contribution >= 0.6 is 0 Å². The predicted molar refractivity (Wildman–Crippen MR) is 83.1 cm³/mol. The molecule has 7 nitrogen and oxygen atoms in total. The highest BCUT2D eigenvalue weighted by Crippen LogP contribution is 2.28. The molecular weight excluding hydrogens is 296 g/mol. The van der Waals surface area contributed by atoms with Gasteiger partial charge in [-0.1, -0.05) is 35.5 Å². The number of piperidine rings is 1. The second-order valence-corrected chi connectivity index (χ2v) is 5.81. The minimum absolute atomic E-state index is 0.128. The second-order valence-electron chi connectivity index (χ2n) is 5.81. The predicted octanol–water partition coefficient (Wildman–Crippen LogP) is 1.35. The molecule has 1 aliphatic rings. The van der Waals surface area contributed by atoms with E-state index in [4.69, 9.17) is 5.11 Å². The maximum Gasteiger partial charge on any atom is 0.407 e. The van der Waals surface area contributed by atoms with Crippen molar-refractivity contribution in [1.29, 1.82) is 0 Å². The first-order valence-electron chi connectivity index (χ1n) is 7.73. The number of likely N-dealkylation sites (tertiary alicyclic amines) is 1. The van der Waals surface area contributed by atoms with Crippen molar-refractivity contribution in [2.45, 2.75) is 31.4 Å². The van der Waals surface area contributed by atoms with E-state index in [-0.39, 0.29) is 12.5 Å². The molecule has 1 fully saturated rings. The molecule has 122 valence electrons. The van der Waals surface area contributed by atoms with E-state index in [1.54, 1.807) is 6.20 Å². The van der Waals surface area contributed by atoms with Crippen molar-refractivity contribution in [2.24, 2.45) is 0 Å². The van der Waals surface area contributed by atoms with Crippen LogP contribution in [-0.4, -0.2) is 55.4 Å². The Bertz CT molecular complexity index is 658. The highest BCUT2D eigenvalue weighted by atomic mass is 16.4. The first-order chi connectivity index (χ1) is 11.1. The molecule has 7 heteroatoms. The van der Waals surface area contributed by atoms with Gasteiger partial charge in [0.1, 0.15) is 0 Å². The van der Waals surface area contributed by atoms with Crippen LogP contribution in [0.1, 0.15) is 23.6 Å². The number of amides is 1. The summed E-state index contributed by atoms with van der Waals surface area (Å²) in [5.74, 6) is -0.128. The molecule has 2 heterocycles. The second kappa shape index (κ2) is 6.78. The van der Waals surface area contributed by atoms with Gasteiger partial charge in [0, 0.05) is 19.0 Å². The van der Waals surface area contributed by atoms with Gasteiger partial charge in [-0.25, -0.2) is 9.48 Å². The number of rotatable bonds is 4. The van der Waals surface area contributed by atoms with Crippen molar-refractivity contribution in [2.75, 3.05) is 13.1 Å². The van der Waals surface area contributed by atoms with E-state index in [0.717, 1.165) is 12.1 Å². The highest BCUT2D eigenvalue weighted by molar-refractivity contribution is 5.65. The third kappa shape index (κ3) is 3.50. The van der Waals surface area contributed by atoms with Gasteiger partial charge in [0.2, 0.25) is 0 Å². The van der Waals surface area contributed by atoms with Crippen molar-refractivity contribution in [1.82, 2.24) is 19.9 Å². The van der Waals surface area contributed by atoms with Crippen molar-refractivity contribution in [3.8, 4) is 0 Å². The number of aliphatic hydroxyl groups is 1. The van der Waals surface area contributed by atoms with Gasteiger partial charge in [-0.15, -0.1) is 5.10 Å². The average molecular weight is 316 g/mol. The number of hydrogen-bond acceptors (Lipinski definition) is 4. The maximum absolute atomic E-state index is 11.0. The summed E-state index contributed by atoms with van der Waals surface area (Å²) in [7, 11) is 0. The summed E-state index contributed by atoms with van der Waals surface area (Å²) < 4.78 is 1.82. The Morgan fingerprint density at radius 3 is 2.78 bits per heavy atom. The van der Waals surface area contributed by atoms with E-state index in [0.29, 0.717) is 19.5 Å². The van der Waals surface area contributed by atoms with Crippen LogP contribution in [0.25, 0.3) is 0 Å². The fourth-order valence-corrected chi connectivity index (χ4v) is 3.06. The van der Waals surface area contributed by atoms with E-state index in [1.807, 2.05) is 22.9 Å². The van der Waals surface area contributed by atoms with Crippen molar-refractivity contribution < 1.29 is 15.0 Å². The van der Waals surface area contributed by atoms with Crippen LogP contribution in [0.5, 0.6) is 0 Å². The van der Waals surface area contributed by atoms with Gasteiger partial charge in [0.25, 0.3) is 0 Å². The standard InChI is InChI=1S/C16H20N4O3/c21-15-11-19(16(22)23)8-7-13(15)14-10-17-18-20(14)9-6-12-4-2-1-3-5-12/h1-5,10,13,15,21H,6-9,11H2,(H,22,23). The van der Waals surface area contributed by atoms with E-state index in [9.17, 15) is 9.90 Å². The van der Waals surface area contributed by atoms with Crippen LogP contribution in [-0.2, 0) is 13.0 Å². The molecule has 0 spiro atoms. The number of β-amino-alcohol motifs (C(OH)–C–C–N with tert-alkyl or cyclic N) is 1. The third-order valence-corrected chi connectivity index (χ3v) is 4.34. The monoisotopic (exact) mass is 316 g/mol. The lowest BCUT2D eigenvalue weighted by Crippen LogP contribution is -2.45. The number of hydrogen-bond donors (Lipinski definition) is 2. The zero-order valence-corrected chi connectivity index (χ0v) is 12.7. The summed E-state index contributed by atoms with van der Waals surface area (Å²) in [4.78, 5) is 12.3. The minimum atomic E-state index is -0.988. The Morgan fingerprint density at radius 1 is 1.30 bits per heavy atom. The largest absolute Gasteiger partial charge is 0.465 e. The molecule has 2 unspecified atom stereocenters. The fraction of sp³-hybridized carbons (Fsp3) is 0.438. The molecule has 0 saturated carbocycles. The van der Waals surface area contributed by atoms with Gasteiger partial charge in [-0.05, 0) is 18.4 Å². The molecule has 0 radical (unpaired) electrons. The molecule has 2 aromatic rings. The Balaban J connectivity index is 1.67. The summed E-state index contributed by atoms with van der Waals surface area (Å²) in [6.07, 6.45) is 1.37. The fourth-order valence-electron chi connectivity index (χ4n) is 3.06. The third-order valence-electron chi connectivity index (χ3n) is 4.34. The van der Waals surface area contributed by atoms with E-state index in [2.05, 4.69) is 22.4 Å². The summed E-state index contributed by atoms with van der Waals surface area (Å²) in [6, 6.07) is 10.1. The van der Waals surface area contributed by atoms with E-state index >= 15 is 0 Å². The molecule has 2 atom stereocenters. The Hall–Kier alpha value is -2.41. The topological polar surface area (TPSA) is 91.5 Å². The van der Waals surface area contributed by atoms with Crippen LogP contribution in [0.3, 0.4) is 0 Å². The van der Waals surface area contributed by atoms with Crippen molar-refractivity contribution in [3.05, 3.63) is 47.8 Å². The summed E-state index contributed by atoms with van der Waals surface area (Å²) >= 11 is 0. The highest BCUT2D eigenvalue weighted by Gasteiger charge is 2.33. The number of aryl methyl sites for hydroxylation is 2. The molecule has 1 aromatic heterocycles. The molecule has 0 bridgehead atoms. The van der Waals surface area contributed by atoms with E-state index in [1.165, 1.54) is 10.5 Å². The van der Waals surface area contributed by atoms with Gasteiger partial charge in [0.15, 0.2) is 0 Å². The minimum Gasteiger partial charge on any atom is -0.465 e. The Kier molecular flexibility index (Phi) is 4.57. The van der Waals surface area contributed by atoms with Gasteiger partial charge >= 0.3 is 6.09 Å². The number of carbonyl (C=O) groups is 1. The molecular formula is C16H20N4O3. The number of carboxylic acid groups (broad SMARTS) is 1. The van der Waals surface area contributed by atoms with Crippen LogP contribution in [0.4, 0.5) is 4.79 Å². The number of benzene rings is 1. The molecule has 3 rings (SSSR count). The van der Waals surface area contributed by atoms with Gasteiger partial charge in [0.05, 0.1) is 24.5 Å². The van der Waals surface area contributed by atoms with E-state index < -0.39 is 12.2 Å². The lowest BCUT2D eigenvalue weighted by atomic mass is 9.91. The first-order valence-corrected chi connectivity index (χ1v) is 7.73. The number of aromatic nitrogens is 3. The average Bonchev–Trinajstić information content (AvgIpc) is 3.02. The van der Waals surface area contributed by atoms with Gasteiger partial charge < -0.3 is 15.1 Å². The lowest BCUT2D eigenvalue weighted by Gasteiger charge is -2.34. The first kappa shape index (κ1) is 15.5. The van der Waals surface area contributed by atoms with Crippen LogP contribution < -0.4 is 0 Å². The van der Waals surface area contributed by atoms with Crippen molar-refractivity contribution in [3.63, 3.8) is 0 Å². The van der Waals surface area contributed by atoms with Gasteiger partial charge in [-0.2, -0.15) is 0 Å². The molecule has 1 saturated heterocycles.